The molecule has 0 bridgehead atoms. The summed E-state index contributed by atoms with van der Waals surface area (Å²) in [5.41, 5.74) is 2.39. The number of nitrogens with one attached hydrogen (secondary N) is 2. The van der Waals surface area contributed by atoms with Gasteiger partial charge in [0.1, 0.15) is 18.2 Å². The first-order valence-corrected chi connectivity index (χ1v) is 9.24. The van der Waals surface area contributed by atoms with Crippen LogP contribution in [-0.2, 0) is 11.3 Å². The van der Waals surface area contributed by atoms with Crippen LogP contribution in [0.3, 0.4) is 0 Å². The fraction of sp³-hybridized carbons (Fsp3) is 0.381. The maximum atomic E-state index is 12.6. The Kier molecular flexibility index (Phi) is 7.64. The topological polar surface area (TPSA) is 80.3 Å². The minimum Gasteiger partial charge on any atom is -0.487 e. The van der Waals surface area contributed by atoms with Crippen LogP contribution in [0, 0.1) is 19.8 Å². The highest BCUT2D eigenvalue weighted by Crippen LogP contribution is 2.22. The molecule has 0 saturated heterocycles. The predicted octanol–water partition coefficient (Wildman–Crippen LogP) is 3.87. The molecule has 2 aromatic rings. The van der Waals surface area contributed by atoms with Crippen LogP contribution in [0.15, 0.2) is 30.3 Å². The van der Waals surface area contributed by atoms with E-state index in [2.05, 4.69) is 15.6 Å². The molecule has 29 heavy (non-hydrogen) atoms. The van der Waals surface area contributed by atoms with Gasteiger partial charge in [-0.1, -0.05) is 26.0 Å². The second kappa shape index (κ2) is 9.95. The normalized spacial score (nSPS) is 10.9. The van der Waals surface area contributed by atoms with Gasteiger partial charge in [-0.3, -0.25) is 9.59 Å². The highest BCUT2D eigenvalue weighted by Gasteiger charge is 2.14. The van der Waals surface area contributed by atoms with Crippen molar-refractivity contribution < 1.29 is 23.1 Å². The van der Waals surface area contributed by atoms with Crippen LogP contribution >= 0.6 is 0 Å². The van der Waals surface area contributed by atoms with E-state index in [0.717, 1.165) is 5.56 Å². The number of carbonyl (C=O) groups excluding carboxylic acids is 2. The summed E-state index contributed by atoms with van der Waals surface area (Å²) >= 11 is 0. The number of nitrogens with zero attached hydrogens (tertiary/aromatic N) is 1. The maximum absolute atomic E-state index is 12.6. The van der Waals surface area contributed by atoms with Gasteiger partial charge in [-0.05, 0) is 43.2 Å². The van der Waals surface area contributed by atoms with Crippen LogP contribution in [-0.4, -0.2) is 29.8 Å². The van der Waals surface area contributed by atoms with E-state index in [4.69, 9.17) is 4.74 Å². The molecule has 1 heterocycles. The summed E-state index contributed by atoms with van der Waals surface area (Å²) < 4.78 is 29.8. The van der Waals surface area contributed by atoms with Crippen molar-refractivity contribution in [3.63, 3.8) is 0 Å². The van der Waals surface area contributed by atoms with Crippen LogP contribution in [0.4, 0.5) is 14.6 Å². The third kappa shape index (κ3) is 6.51. The first-order chi connectivity index (χ1) is 13.7. The lowest BCUT2D eigenvalue weighted by atomic mass is 10.1. The van der Waals surface area contributed by atoms with Gasteiger partial charge >= 0.3 is 0 Å². The summed E-state index contributed by atoms with van der Waals surface area (Å²) in [6.45, 7) is 6.53. The molecule has 0 spiro atoms. The molecule has 1 aromatic heterocycles. The molecule has 6 nitrogen and oxygen atoms in total. The lowest BCUT2D eigenvalue weighted by Gasteiger charge is -2.14. The number of pyridine rings is 1. The van der Waals surface area contributed by atoms with E-state index in [1.807, 2.05) is 0 Å². The molecular weight excluding hydrogens is 380 g/mol. The molecule has 8 heteroatoms. The molecule has 2 N–H and O–H groups in total. The average Bonchev–Trinajstić information content (AvgIpc) is 2.65. The highest BCUT2D eigenvalue weighted by atomic mass is 19.3. The summed E-state index contributed by atoms with van der Waals surface area (Å²) in [7, 11) is 0. The second-order valence-electron chi connectivity index (χ2n) is 6.95. The van der Waals surface area contributed by atoms with Gasteiger partial charge in [0.25, 0.3) is 12.3 Å². The van der Waals surface area contributed by atoms with Gasteiger partial charge in [-0.15, -0.1) is 0 Å². The summed E-state index contributed by atoms with van der Waals surface area (Å²) in [6, 6.07) is 8.22. The van der Waals surface area contributed by atoms with Gasteiger partial charge in [0.2, 0.25) is 5.91 Å². The van der Waals surface area contributed by atoms with Crippen molar-refractivity contribution in [1.29, 1.82) is 0 Å². The first-order valence-electron chi connectivity index (χ1n) is 9.24. The lowest BCUT2D eigenvalue weighted by Crippen LogP contribution is -2.24. The Labute approximate surface area is 168 Å². The Morgan fingerprint density at radius 1 is 1.17 bits per heavy atom. The van der Waals surface area contributed by atoms with Gasteiger partial charge in [0, 0.05) is 23.7 Å². The van der Waals surface area contributed by atoms with Crippen molar-refractivity contribution in [2.45, 2.75) is 40.7 Å². The summed E-state index contributed by atoms with van der Waals surface area (Å²) in [5.74, 6) is -0.0698. The zero-order chi connectivity index (χ0) is 21.6. The Hall–Kier alpha value is -3.03. The number of halogens is 2. The zero-order valence-corrected chi connectivity index (χ0v) is 16.9. The van der Waals surface area contributed by atoms with Crippen molar-refractivity contribution in [3.05, 3.63) is 52.7 Å². The Morgan fingerprint density at radius 3 is 2.55 bits per heavy atom. The number of anilines is 1. The number of benzene rings is 1. The summed E-state index contributed by atoms with van der Waals surface area (Å²) in [4.78, 5) is 28.7. The molecule has 0 fully saturated rings. The highest BCUT2D eigenvalue weighted by molar-refractivity contribution is 5.97. The molecule has 0 aliphatic rings. The van der Waals surface area contributed by atoms with Crippen LogP contribution in [0.5, 0.6) is 5.75 Å². The standard InChI is InChI=1S/C21H25F2N3O3/c1-12(2)20(27)26-19-9-16(8-13(3)25-19)21(28)24-10-15-6-5-7-17(14(15)4)29-11-18(22)23/h5-9,12,18H,10-11H2,1-4H3,(H,24,28)(H,25,26,27). The molecule has 0 atom stereocenters. The average molecular weight is 405 g/mol. The molecule has 0 saturated carbocycles. The number of amides is 2. The van der Waals surface area contributed by atoms with E-state index >= 15 is 0 Å². The monoisotopic (exact) mass is 405 g/mol. The van der Waals surface area contributed by atoms with Crippen LogP contribution < -0.4 is 15.4 Å². The van der Waals surface area contributed by atoms with Crippen molar-refractivity contribution >= 4 is 17.6 Å². The molecule has 2 amide bonds. The third-order valence-electron chi connectivity index (χ3n) is 4.19. The van der Waals surface area contributed by atoms with E-state index in [1.54, 1.807) is 52.0 Å². The SMILES string of the molecule is Cc1cc(C(=O)NCc2cccc(OCC(F)F)c2C)cc(NC(=O)C(C)C)n1. The molecule has 0 aliphatic carbocycles. The van der Waals surface area contributed by atoms with E-state index in [1.165, 1.54) is 6.07 Å². The van der Waals surface area contributed by atoms with Crippen molar-refractivity contribution in [2.75, 3.05) is 11.9 Å². The number of carbonyl (C=O) groups is 2. The number of hydrogen-bond acceptors (Lipinski definition) is 4. The predicted molar refractivity (Wildman–Crippen MR) is 106 cm³/mol. The van der Waals surface area contributed by atoms with Gasteiger partial charge in [-0.2, -0.15) is 0 Å². The van der Waals surface area contributed by atoms with Gasteiger partial charge in [-0.25, -0.2) is 13.8 Å². The molecule has 156 valence electrons. The van der Waals surface area contributed by atoms with Crippen LogP contribution in [0.2, 0.25) is 0 Å². The quantitative estimate of drug-likeness (QED) is 0.699. The van der Waals surface area contributed by atoms with Gasteiger partial charge < -0.3 is 15.4 Å². The largest absolute Gasteiger partial charge is 0.487 e. The number of rotatable bonds is 8. The number of aryl methyl sites for hydroxylation is 1. The minimum absolute atomic E-state index is 0.189. The molecule has 2 rings (SSSR count). The van der Waals surface area contributed by atoms with E-state index in [0.29, 0.717) is 28.4 Å². The van der Waals surface area contributed by atoms with Crippen molar-refractivity contribution in [1.82, 2.24) is 10.3 Å². The number of hydrogen-bond donors (Lipinski definition) is 2. The molecule has 0 unspecified atom stereocenters. The third-order valence-corrected chi connectivity index (χ3v) is 4.19. The Morgan fingerprint density at radius 2 is 1.90 bits per heavy atom. The van der Waals surface area contributed by atoms with E-state index in [9.17, 15) is 18.4 Å². The number of alkyl halides is 2. The van der Waals surface area contributed by atoms with Crippen molar-refractivity contribution in [2.24, 2.45) is 5.92 Å². The van der Waals surface area contributed by atoms with E-state index in [-0.39, 0.29) is 24.3 Å². The van der Waals surface area contributed by atoms with Crippen LogP contribution in [0.25, 0.3) is 0 Å². The summed E-state index contributed by atoms with van der Waals surface area (Å²) in [5, 5.41) is 5.48. The van der Waals surface area contributed by atoms with Crippen LogP contribution in [0.1, 0.15) is 41.0 Å². The smallest absolute Gasteiger partial charge is 0.272 e. The fourth-order valence-electron chi connectivity index (χ4n) is 2.57. The van der Waals surface area contributed by atoms with E-state index < -0.39 is 13.0 Å². The molecular formula is C21H25F2N3O3. The second-order valence-corrected chi connectivity index (χ2v) is 6.95. The Bertz CT molecular complexity index is 885. The minimum atomic E-state index is -2.56. The van der Waals surface area contributed by atoms with Gasteiger partial charge in [0.05, 0.1) is 0 Å². The zero-order valence-electron chi connectivity index (χ0n) is 16.9. The fourth-order valence-corrected chi connectivity index (χ4v) is 2.57. The Balaban J connectivity index is 2.08. The van der Waals surface area contributed by atoms with Gasteiger partial charge in [0.15, 0.2) is 0 Å². The summed E-state index contributed by atoms with van der Waals surface area (Å²) in [6.07, 6.45) is -2.56. The first kappa shape index (κ1) is 22.3. The molecule has 1 aromatic carbocycles. The van der Waals surface area contributed by atoms with Crippen molar-refractivity contribution in [3.8, 4) is 5.75 Å². The lowest BCUT2D eigenvalue weighted by molar-refractivity contribution is -0.118. The molecule has 0 radical (unpaired) electrons. The number of ether oxygens (including phenoxy) is 1. The molecule has 0 aliphatic heterocycles. The maximum Gasteiger partial charge on any atom is 0.272 e. The number of aromatic nitrogens is 1.